The van der Waals surface area contributed by atoms with Gasteiger partial charge in [0.2, 0.25) is 0 Å². The van der Waals surface area contributed by atoms with Crippen molar-refractivity contribution in [1.29, 1.82) is 0 Å². The molecule has 0 atom stereocenters. The highest BCUT2D eigenvalue weighted by Gasteiger charge is 2.39. The molecule has 0 N–H and O–H groups in total. The van der Waals surface area contributed by atoms with Crippen LogP contribution in [0.15, 0.2) is 0 Å². The molecule has 0 aromatic heterocycles. The minimum Gasteiger partial charge on any atom is -0.377 e. The number of hydrogen-bond donors (Lipinski definition) is 0. The summed E-state index contributed by atoms with van der Waals surface area (Å²) in [5, 5.41) is 0. The third-order valence-electron chi connectivity index (χ3n) is 3.87. The Labute approximate surface area is 176 Å². The molecular formula is C16H39NO6S2Si2. The molecule has 0 rings (SSSR count). The molecule has 0 aromatic carbocycles. The summed E-state index contributed by atoms with van der Waals surface area (Å²) in [6, 6.07) is 1.68. The first-order valence-electron chi connectivity index (χ1n) is 9.55. The van der Waals surface area contributed by atoms with Crippen molar-refractivity contribution in [3.05, 3.63) is 0 Å². The summed E-state index contributed by atoms with van der Waals surface area (Å²) >= 11 is 0. The van der Waals surface area contributed by atoms with Crippen LogP contribution in [0.1, 0.15) is 33.6 Å². The Balaban J connectivity index is 4.07. The molecule has 0 heterocycles. The summed E-state index contributed by atoms with van der Waals surface area (Å²) in [6.45, 7) is 8.83. The van der Waals surface area contributed by atoms with Gasteiger partial charge in [0, 0.05) is 65.5 Å². The van der Waals surface area contributed by atoms with Crippen molar-refractivity contribution in [2.24, 2.45) is 0 Å². The van der Waals surface area contributed by atoms with Gasteiger partial charge in [0.05, 0.1) is 0 Å². The van der Waals surface area contributed by atoms with Crippen molar-refractivity contribution in [2.45, 2.75) is 45.7 Å². The van der Waals surface area contributed by atoms with Crippen molar-refractivity contribution in [2.75, 3.05) is 60.5 Å². The maximum atomic E-state index is 5.89. The van der Waals surface area contributed by atoms with Gasteiger partial charge in [-0.15, -0.1) is 0 Å². The second kappa shape index (κ2) is 16.6. The zero-order chi connectivity index (χ0) is 20.6. The largest absolute Gasteiger partial charge is 0.500 e. The molecule has 164 valence electrons. The lowest BCUT2D eigenvalue weighted by atomic mass is 10.5. The molecular weight excluding hydrogens is 422 g/mol. The molecule has 0 spiro atoms. The SMILES string of the molecule is CCO[Si](CCCSSN(C)CCC[Si](OC)(OC)OC)(OCC)OCC. The highest BCUT2D eigenvalue weighted by molar-refractivity contribution is 8.75. The van der Waals surface area contributed by atoms with E-state index in [4.69, 9.17) is 26.6 Å². The van der Waals surface area contributed by atoms with Crippen molar-refractivity contribution >= 4 is 39.4 Å². The summed E-state index contributed by atoms with van der Waals surface area (Å²) in [7, 11) is 5.74. The molecule has 0 fully saturated rings. The lowest BCUT2D eigenvalue weighted by Gasteiger charge is -2.28. The molecule has 0 amide bonds. The van der Waals surface area contributed by atoms with Crippen molar-refractivity contribution in [3.63, 3.8) is 0 Å². The Morgan fingerprint density at radius 1 is 0.741 bits per heavy atom. The van der Waals surface area contributed by atoms with Gasteiger partial charge in [0.1, 0.15) is 0 Å². The summed E-state index contributed by atoms with van der Waals surface area (Å²) in [4.78, 5) is 0. The second-order valence-electron chi connectivity index (χ2n) is 5.73. The summed E-state index contributed by atoms with van der Waals surface area (Å²) in [5.41, 5.74) is 0. The Bertz CT molecular complexity index is 332. The first-order chi connectivity index (χ1) is 13.0. The standard InChI is InChI=1S/C16H39NO6S2Si2/c1-8-21-27(22-9-2,23-10-3)16-12-14-24-25-17(4)13-11-15-26(18-5,19-6)20-7/h8-16H2,1-7H3. The van der Waals surface area contributed by atoms with E-state index in [1.807, 2.05) is 31.6 Å². The van der Waals surface area contributed by atoms with E-state index in [1.54, 1.807) is 32.3 Å². The van der Waals surface area contributed by atoms with Gasteiger partial charge < -0.3 is 26.6 Å². The lowest BCUT2D eigenvalue weighted by Crippen LogP contribution is -2.46. The molecule has 0 bridgehead atoms. The Hall–Kier alpha value is 0.854. The van der Waals surface area contributed by atoms with E-state index in [1.165, 1.54) is 0 Å². The van der Waals surface area contributed by atoms with Crippen LogP contribution < -0.4 is 0 Å². The van der Waals surface area contributed by atoms with E-state index in [0.717, 1.165) is 37.2 Å². The number of rotatable bonds is 19. The van der Waals surface area contributed by atoms with Crippen LogP contribution in [0.5, 0.6) is 0 Å². The summed E-state index contributed by atoms with van der Waals surface area (Å²) < 4.78 is 36.3. The van der Waals surface area contributed by atoms with Crippen LogP contribution in [0.25, 0.3) is 0 Å². The minimum absolute atomic E-state index is 0.631. The molecule has 0 saturated carbocycles. The molecule has 0 saturated heterocycles. The molecule has 0 radical (unpaired) electrons. The van der Waals surface area contributed by atoms with Crippen LogP contribution in [0.2, 0.25) is 12.1 Å². The average molecular weight is 462 g/mol. The van der Waals surface area contributed by atoms with Crippen molar-refractivity contribution < 1.29 is 26.6 Å². The first-order valence-corrected chi connectivity index (χ1v) is 15.7. The highest BCUT2D eigenvalue weighted by atomic mass is 33.1. The fourth-order valence-corrected chi connectivity index (χ4v) is 9.22. The zero-order valence-corrected chi connectivity index (χ0v) is 21.7. The Morgan fingerprint density at radius 2 is 1.22 bits per heavy atom. The fraction of sp³-hybridized carbons (Fsp3) is 1.00. The monoisotopic (exact) mass is 461 g/mol. The van der Waals surface area contributed by atoms with Crippen molar-refractivity contribution in [1.82, 2.24) is 4.31 Å². The molecule has 11 heteroatoms. The van der Waals surface area contributed by atoms with E-state index < -0.39 is 17.6 Å². The van der Waals surface area contributed by atoms with Crippen LogP contribution in [0.4, 0.5) is 0 Å². The van der Waals surface area contributed by atoms with Gasteiger partial charge in [-0.25, -0.2) is 4.31 Å². The third-order valence-corrected chi connectivity index (χ3v) is 12.4. The quantitative estimate of drug-likeness (QED) is 0.123. The van der Waals surface area contributed by atoms with Crippen LogP contribution >= 0.6 is 21.8 Å². The van der Waals surface area contributed by atoms with Gasteiger partial charge in [0.25, 0.3) is 0 Å². The average Bonchev–Trinajstić information content (AvgIpc) is 2.66. The Kier molecular flexibility index (Phi) is 17.2. The topological polar surface area (TPSA) is 58.6 Å². The lowest BCUT2D eigenvalue weighted by molar-refractivity contribution is 0.0712. The van der Waals surface area contributed by atoms with Gasteiger partial charge in [-0.05, 0) is 51.6 Å². The molecule has 27 heavy (non-hydrogen) atoms. The molecule has 0 unspecified atom stereocenters. The van der Waals surface area contributed by atoms with Gasteiger partial charge >= 0.3 is 17.6 Å². The van der Waals surface area contributed by atoms with E-state index in [0.29, 0.717) is 19.8 Å². The normalized spacial score (nSPS) is 12.9. The molecule has 7 nitrogen and oxygen atoms in total. The third kappa shape index (κ3) is 11.6. The van der Waals surface area contributed by atoms with E-state index in [9.17, 15) is 0 Å². The zero-order valence-electron chi connectivity index (χ0n) is 18.1. The van der Waals surface area contributed by atoms with Gasteiger partial charge in [0.15, 0.2) is 0 Å². The Morgan fingerprint density at radius 3 is 1.67 bits per heavy atom. The maximum Gasteiger partial charge on any atom is 0.500 e. The predicted octanol–water partition coefficient (Wildman–Crippen LogP) is 3.92. The van der Waals surface area contributed by atoms with Crippen LogP contribution in [0.3, 0.4) is 0 Å². The second-order valence-corrected chi connectivity index (χ2v) is 14.1. The van der Waals surface area contributed by atoms with Gasteiger partial charge in [-0.1, -0.05) is 10.8 Å². The van der Waals surface area contributed by atoms with Crippen LogP contribution in [-0.4, -0.2) is 82.4 Å². The smallest absolute Gasteiger partial charge is 0.377 e. The van der Waals surface area contributed by atoms with Crippen LogP contribution in [-0.2, 0) is 26.6 Å². The molecule has 0 aliphatic carbocycles. The summed E-state index contributed by atoms with van der Waals surface area (Å²) in [6.07, 6.45) is 1.99. The van der Waals surface area contributed by atoms with Crippen molar-refractivity contribution in [3.8, 4) is 0 Å². The van der Waals surface area contributed by atoms with Gasteiger partial charge in [-0.2, -0.15) is 0 Å². The van der Waals surface area contributed by atoms with Gasteiger partial charge in [-0.3, -0.25) is 0 Å². The first kappa shape index (κ1) is 27.9. The molecule has 0 aromatic rings. The van der Waals surface area contributed by atoms with Crippen LogP contribution in [0, 0.1) is 0 Å². The predicted molar refractivity (Wildman–Crippen MR) is 119 cm³/mol. The van der Waals surface area contributed by atoms with E-state index in [2.05, 4.69) is 11.4 Å². The van der Waals surface area contributed by atoms with E-state index >= 15 is 0 Å². The highest BCUT2D eigenvalue weighted by Crippen LogP contribution is 2.28. The fourth-order valence-electron chi connectivity index (χ4n) is 2.59. The number of nitrogens with zero attached hydrogens (tertiary/aromatic N) is 1. The summed E-state index contributed by atoms with van der Waals surface area (Å²) in [5.74, 6) is 1.03. The minimum atomic E-state index is -2.50. The maximum absolute atomic E-state index is 5.89. The molecule has 0 aliphatic rings. The van der Waals surface area contributed by atoms with E-state index in [-0.39, 0.29) is 0 Å². The number of hydrogen-bond acceptors (Lipinski definition) is 9. The molecule has 0 aliphatic heterocycles.